The number of rotatable bonds is 5. The highest BCUT2D eigenvalue weighted by molar-refractivity contribution is 14.0. The number of hydrogen-bond donors (Lipinski definition) is 1. The third-order valence-corrected chi connectivity index (χ3v) is 6.19. The van der Waals surface area contributed by atoms with Crippen molar-refractivity contribution in [1.82, 2.24) is 10.2 Å². The van der Waals surface area contributed by atoms with E-state index in [0.29, 0.717) is 19.7 Å². The molecule has 0 radical (unpaired) electrons. The van der Waals surface area contributed by atoms with E-state index < -0.39 is 9.84 Å². The number of ether oxygens (including phenoxy) is 1. The van der Waals surface area contributed by atoms with E-state index in [2.05, 4.69) is 47.3 Å². The zero-order valence-electron chi connectivity index (χ0n) is 16.0. The average Bonchev–Trinajstić information content (AvgIpc) is 2.59. The molecule has 1 fully saturated rings. The Kier molecular flexibility index (Phi) is 9.32. The first-order valence-electron chi connectivity index (χ1n) is 8.71. The summed E-state index contributed by atoms with van der Waals surface area (Å²) < 4.78 is 29.2. The molecule has 0 amide bonds. The van der Waals surface area contributed by atoms with Crippen LogP contribution in [0, 0.1) is 13.8 Å². The largest absolute Gasteiger partial charge is 0.370 e. The van der Waals surface area contributed by atoms with Crippen LogP contribution in [0.15, 0.2) is 23.2 Å². The van der Waals surface area contributed by atoms with Crippen LogP contribution >= 0.6 is 24.0 Å². The highest BCUT2D eigenvalue weighted by Crippen LogP contribution is 2.25. The van der Waals surface area contributed by atoms with Crippen LogP contribution < -0.4 is 5.32 Å². The Hall–Kier alpha value is -0.870. The van der Waals surface area contributed by atoms with Gasteiger partial charge in [-0.2, -0.15) is 0 Å². The molecule has 0 saturated carbocycles. The lowest BCUT2D eigenvalue weighted by Crippen LogP contribution is -2.49. The lowest BCUT2D eigenvalue weighted by atomic mass is 10.00. The molecule has 1 aliphatic rings. The van der Waals surface area contributed by atoms with Crippen molar-refractivity contribution < 1.29 is 13.2 Å². The second-order valence-electron chi connectivity index (χ2n) is 6.38. The van der Waals surface area contributed by atoms with Gasteiger partial charge in [-0.1, -0.05) is 30.7 Å². The quantitative estimate of drug-likeness (QED) is 0.386. The van der Waals surface area contributed by atoms with Gasteiger partial charge in [-0.25, -0.2) is 8.42 Å². The van der Waals surface area contributed by atoms with Gasteiger partial charge in [0, 0.05) is 25.9 Å². The Morgan fingerprint density at radius 2 is 2.12 bits per heavy atom. The van der Waals surface area contributed by atoms with E-state index in [4.69, 9.17) is 4.74 Å². The molecule has 8 heteroatoms. The van der Waals surface area contributed by atoms with Crippen LogP contribution in [0.1, 0.15) is 29.7 Å². The standard InChI is InChI=1S/C18H29N3O3S.HI/c1-5-25(22,23)11-8-20-18(19-4)21-9-10-24-17(13-21)16-7-6-14(2)12-15(16)3;/h6-7,12,17H,5,8-11,13H2,1-4H3,(H,19,20);1H. The molecule has 0 spiro atoms. The number of sulfone groups is 1. The van der Waals surface area contributed by atoms with Gasteiger partial charge in [0.2, 0.25) is 0 Å². The SMILES string of the molecule is CCS(=O)(=O)CCNC(=NC)N1CCOC(c2ccc(C)cc2C)C1.I. The van der Waals surface area contributed by atoms with E-state index in [-0.39, 0.29) is 41.6 Å². The van der Waals surface area contributed by atoms with E-state index in [1.54, 1.807) is 14.0 Å². The summed E-state index contributed by atoms with van der Waals surface area (Å²) >= 11 is 0. The molecule has 0 aromatic heterocycles. The lowest BCUT2D eigenvalue weighted by molar-refractivity contribution is -0.00827. The zero-order valence-corrected chi connectivity index (χ0v) is 19.1. The van der Waals surface area contributed by atoms with Crippen LogP contribution in [-0.4, -0.2) is 64.1 Å². The molecule has 1 unspecified atom stereocenters. The number of halogens is 1. The highest BCUT2D eigenvalue weighted by atomic mass is 127. The van der Waals surface area contributed by atoms with Gasteiger partial charge in [0.05, 0.1) is 18.9 Å². The van der Waals surface area contributed by atoms with E-state index in [1.165, 1.54) is 16.7 Å². The number of hydrogen-bond acceptors (Lipinski definition) is 4. The van der Waals surface area contributed by atoms with Crippen molar-refractivity contribution >= 4 is 39.8 Å². The summed E-state index contributed by atoms with van der Waals surface area (Å²) in [6.07, 6.45) is -0.00715. The average molecular weight is 495 g/mol. The Balaban J connectivity index is 0.00000338. The number of benzene rings is 1. The van der Waals surface area contributed by atoms with Gasteiger partial charge in [-0.3, -0.25) is 4.99 Å². The van der Waals surface area contributed by atoms with Crippen molar-refractivity contribution in [3.63, 3.8) is 0 Å². The molecule has 1 N–H and O–H groups in total. The molecule has 1 saturated heterocycles. The number of aliphatic imine (C=N–C) groups is 1. The number of nitrogens with zero attached hydrogens (tertiary/aromatic N) is 2. The summed E-state index contributed by atoms with van der Waals surface area (Å²) in [7, 11) is -1.26. The first-order chi connectivity index (χ1) is 11.9. The molecule has 6 nitrogen and oxygen atoms in total. The Morgan fingerprint density at radius 1 is 1.38 bits per heavy atom. The van der Waals surface area contributed by atoms with Crippen LogP contribution in [0.3, 0.4) is 0 Å². The summed E-state index contributed by atoms with van der Waals surface area (Å²) in [5.41, 5.74) is 3.66. The van der Waals surface area contributed by atoms with Crippen molar-refractivity contribution in [3.8, 4) is 0 Å². The maximum Gasteiger partial charge on any atom is 0.193 e. The van der Waals surface area contributed by atoms with Crippen LogP contribution in [0.5, 0.6) is 0 Å². The fourth-order valence-electron chi connectivity index (χ4n) is 3.01. The molecular formula is C18H30IN3O3S. The predicted molar refractivity (Wildman–Crippen MR) is 117 cm³/mol. The van der Waals surface area contributed by atoms with Gasteiger partial charge in [0.1, 0.15) is 6.10 Å². The molecule has 1 atom stereocenters. The second kappa shape index (κ2) is 10.5. The third-order valence-electron chi connectivity index (χ3n) is 4.49. The number of nitrogens with one attached hydrogen (secondary N) is 1. The minimum absolute atomic E-state index is 0. The summed E-state index contributed by atoms with van der Waals surface area (Å²) in [5.74, 6) is 1.01. The molecule has 26 heavy (non-hydrogen) atoms. The monoisotopic (exact) mass is 495 g/mol. The molecule has 0 bridgehead atoms. The van der Waals surface area contributed by atoms with Crippen molar-refractivity contribution in [3.05, 3.63) is 34.9 Å². The van der Waals surface area contributed by atoms with Gasteiger partial charge in [-0.15, -0.1) is 24.0 Å². The normalized spacial score (nSPS) is 18.4. The van der Waals surface area contributed by atoms with Gasteiger partial charge >= 0.3 is 0 Å². The first kappa shape index (κ1) is 23.2. The maximum absolute atomic E-state index is 11.6. The zero-order chi connectivity index (χ0) is 18.4. The van der Waals surface area contributed by atoms with Crippen LogP contribution in [0.4, 0.5) is 0 Å². The van der Waals surface area contributed by atoms with E-state index in [0.717, 1.165) is 12.5 Å². The summed E-state index contributed by atoms with van der Waals surface area (Å²) in [6, 6.07) is 6.40. The molecular weight excluding hydrogens is 465 g/mol. The number of morpholine rings is 1. The van der Waals surface area contributed by atoms with Crippen molar-refractivity contribution in [2.45, 2.75) is 26.9 Å². The molecule has 1 heterocycles. The lowest BCUT2D eigenvalue weighted by Gasteiger charge is -2.35. The highest BCUT2D eigenvalue weighted by Gasteiger charge is 2.25. The summed E-state index contributed by atoms with van der Waals surface area (Å²) in [5, 5.41) is 3.17. The fraction of sp³-hybridized carbons (Fsp3) is 0.611. The summed E-state index contributed by atoms with van der Waals surface area (Å²) in [6.45, 7) is 8.28. The smallest absolute Gasteiger partial charge is 0.193 e. The van der Waals surface area contributed by atoms with E-state index in [1.807, 2.05) is 0 Å². The summed E-state index contributed by atoms with van der Waals surface area (Å²) in [4.78, 5) is 6.43. The predicted octanol–water partition coefficient (Wildman–Crippen LogP) is 2.30. The van der Waals surface area contributed by atoms with Crippen LogP contribution in [0.25, 0.3) is 0 Å². The fourth-order valence-corrected chi connectivity index (χ4v) is 3.71. The minimum atomic E-state index is -2.98. The molecule has 0 aliphatic carbocycles. The molecule has 1 aromatic rings. The van der Waals surface area contributed by atoms with Gasteiger partial charge < -0.3 is 15.0 Å². The molecule has 148 valence electrons. The van der Waals surface area contributed by atoms with Crippen molar-refractivity contribution in [2.24, 2.45) is 4.99 Å². The van der Waals surface area contributed by atoms with E-state index in [9.17, 15) is 8.42 Å². The van der Waals surface area contributed by atoms with E-state index >= 15 is 0 Å². The first-order valence-corrected chi connectivity index (χ1v) is 10.5. The topological polar surface area (TPSA) is 71.0 Å². The van der Waals surface area contributed by atoms with Crippen LogP contribution in [0.2, 0.25) is 0 Å². The third kappa shape index (κ3) is 6.38. The second-order valence-corrected chi connectivity index (χ2v) is 8.85. The Morgan fingerprint density at radius 3 is 2.73 bits per heavy atom. The van der Waals surface area contributed by atoms with Crippen molar-refractivity contribution in [1.29, 1.82) is 0 Å². The van der Waals surface area contributed by atoms with Gasteiger partial charge in [-0.05, 0) is 25.0 Å². The van der Waals surface area contributed by atoms with Gasteiger partial charge in [0.25, 0.3) is 0 Å². The Bertz CT molecular complexity index is 722. The number of aryl methyl sites for hydroxylation is 2. The molecule has 1 aromatic carbocycles. The molecule has 1 aliphatic heterocycles. The minimum Gasteiger partial charge on any atom is -0.370 e. The van der Waals surface area contributed by atoms with Gasteiger partial charge in [0.15, 0.2) is 15.8 Å². The van der Waals surface area contributed by atoms with Crippen molar-refractivity contribution in [2.75, 3.05) is 44.8 Å². The number of guanidine groups is 1. The van der Waals surface area contributed by atoms with Crippen LogP contribution in [-0.2, 0) is 14.6 Å². The molecule has 2 rings (SSSR count). The maximum atomic E-state index is 11.6. The Labute approximate surface area is 174 Å².